The minimum atomic E-state index is 0.0501. The van der Waals surface area contributed by atoms with E-state index >= 15 is 0 Å². The van der Waals surface area contributed by atoms with Gasteiger partial charge in [0.15, 0.2) is 0 Å². The molecule has 0 amide bonds. The van der Waals surface area contributed by atoms with Crippen molar-refractivity contribution in [2.24, 2.45) is 0 Å². The van der Waals surface area contributed by atoms with Crippen LogP contribution in [0.2, 0.25) is 0 Å². The summed E-state index contributed by atoms with van der Waals surface area (Å²) in [5.41, 5.74) is 2.52. The molecule has 0 saturated heterocycles. The van der Waals surface area contributed by atoms with Crippen LogP contribution in [0.25, 0.3) is 0 Å². The second-order valence-corrected chi connectivity index (χ2v) is 6.28. The maximum absolute atomic E-state index is 5.27. The number of pyridine rings is 1. The fourth-order valence-electron chi connectivity index (χ4n) is 1.43. The van der Waals surface area contributed by atoms with Crippen LogP contribution in [0.4, 0.5) is 0 Å². The number of hydrogen-bond acceptors (Lipinski definition) is 2. The van der Waals surface area contributed by atoms with Crippen molar-refractivity contribution in [3.63, 3.8) is 0 Å². The topological polar surface area (TPSA) is 22.1 Å². The van der Waals surface area contributed by atoms with Gasteiger partial charge in [0.2, 0.25) is 5.88 Å². The van der Waals surface area contributed by atoms with Gasteiger partial charge in [-0.15, -0.1) is 0 Å². The van der Waals surface area contributed by atoms with Gasteiger partial charge < -0.3 is 4.74 Å². The van der Waals surface area contributed by atoms with Crippen molar-refractivity contribution in [2.45, 2.75) is 52.4 Å². The molecular weight excluding hydrogens is 198 g/mol. The van der Waals surface area contributed by atoms with Gasteiger partial charge in [-0.2, -0.15) is 0 Å². The third kappa shape index (κ3) is 2.97. The Balaban J connectivity index is 3.33. The zero-order valence-electron chi connectivity index (χ0n) is 11.5. The fraction of sp³-hybridized carbons (Fsp3) is 0.643. The molecular formula is C14H23NO. The van der Waals surface area contributed by atoms with Crippen LogP contribution in [0, 0.1) is 0 Å². The lowest BCUT2D eigenvalue weighted by Crippen LogP contribution is -2.18. The van der Waals surface area contributed by atoms with Gasteiger partial charge >= 0.3 is 0 Å². The molecule has 0 aromatic carbocycles. The quantitative estimate of drug-likeness (QED) is 0.721. The fourth-order valence-corrected chi connectivity index (χ4v) is 1.43. The normalized spacial score (nSPS) is 12.7. The first kappa shape index (κ1) is 13.0. The highest BCUT2D eigenvalue weighted by molar-refractivity contribution is 5.32. The summed E-state index contributed by atoms with van der Waals surface area (Å²) in [5.74, 6) is 0.706. The van der Waals surface area contributed by atoms with Crippen molar-refractivity contribution < 1.29 is 4.74 Å². The van der Waals surface area contributed by atoms with Gasteiger partial charge in [-0.25, -0.2) is 4.98 Å². The molecule has 1 rings (SSSR count). The molecule has 0 bridgehead atoms. The lowest BCUT2D eigenvalue weighted by molar-refractivity contribution is 0.389. The zero-order chi connectivity index (χ0) is 12.6. The van der Waals surface area contributed by atoms with Crippen LogP contribution >= 0.6 is 0 Å². The Bertz CT molecular complexity index is 337. The van der Waals surface area contributed by atoms with Crippen molar-refractivity contribution in [2.75, 3.05) is 7.11 Å². The first-order chi connectivity index (χ1) is 7.14. The highest BCUT2D eigenvalue weighted by Gasteiger charge is 2.21. The van der Waals surface area contributed by atoms with Gasteiger partial charge in [0.25, 0.3) is 0 Å². The Morgan fingerprint density at radius 2 is 1.50 bits per heavy atom. The second-order valence-electron chi connectivity index (χ2n) is 6.28. The summed E-state index contributed by atoms with van der Waals surface area (Å²) in [6, 6.07) is 4.21. The Morgan fingerprint density at radius 3 is 1.88 bits per heavy atom. The molecule has 16 heavy (non-hydrogen) atoms. The minimum Gasteiger partial charge on any atom is -0.481 e. The van der Waals surface area contributed by atoms with E-state index in [1.54, 1.807) is 7.11 Å². The maximum atomic E-state index is 5.27. The minimum absolute atomic E-state index is 0.0501. The van der Waals surface area contributed by atoms with Crippen molar-refractivity contribution >= 4 is 0 Å². The molecule has 0 aliphatic carbocycles. The number of hydrogen-bond donors (Lipinski definition) is 0. The van der Waals surface area contributed by atoms with Gasteiger partial charge in [0, 0.05) is 11.5 Å². The number of nitrogens with zero attached hydrogens (tertiary/aromatic N) is 1. The number of methoxy groups -OCH3 is 1. The van der Waals surface area contributed by atoms with Crippen molar-refractivity contribution in [3.05, 3.63) is 23.4 Å². The number of rotatable bonds is 1. The molecule has 0 spiro atoms. The first-order valence-electron chi connectivity index (χ1n) is 5.71. The van der Waals surface area contributed by atoms with E-state index < -0.39 is 0 Å². The summed E-state index contributed by atoms with van der Waals surface area (Å²) in [6.45, 7) is 13.1. The van der Waals surface area contributed by atoms with E-state index in [1.807, 2.05) is 6.07 Å². The Hall–Kier alpha value is -1.05. The largest absolute Gasteiger partial charge is 0.481 e. The average molecular weight is 221 g/mol. The average Bonchev–Trinajstić information content (AvgIpc) is 2.14. The van der Waals surface area contributed by atoms with Gasteiger partial charge in [-0.3, -0.25) is 0 Å². The molecule has 0 fully saturated rings. The third-order valence-corrected chi connectivity index (χ3v) is 2.65. The van der Waals surface area contributed by atoms with Crippen LogP contribution in [0.5, 0.6) is 5.88 Å². The molecule has 0 N–H and O–H groups in total. The molecule has 0 aliphatic rings. The monoisotopic (exact) mass is 221 g/mol. The summed E-state index contributed by atoms with van der Waals surface area (Å²) in [5, 5.41) is 0. The maximum Gasteiger partial charge on any atom is 0.213 e. The molecule has 1 heterocycles. The molecule has 90 valence electrons. The van der Waals surface area contributed by atoms with Crippen LogP contribution in [0.15, 0.2) is 12.1 Å². The first-order valence-corrected chi connectivity index (χ1v) is 5.71. The summed E-state index contributed by atoms with van der Waals surface area (Å²) in [6.07, 6.45) is 0. The molecule has 2 nitrogen and oxygen atoms in total. The highest BCUT2D eigenvalue weighted by Crippen LogP contribution is 2.30. The predicted molar refractivity (Wildman–Crippen MR) is 68.2 cm³/mol. The van der Waals surface area contributed by atoms with Gasteiger partial charge in [0.05, 0.1) is 12.8 Å². The van der Waals surface area contributed by atoms with Crippen molar-refractivity contribution in [1.29, 1.82) is 0 Å². The molecule has 0 radical (unpaired) electrons. The molecule has 1 aromatic rings. The molecule has 0 aliphatic heterocycles. The van der Waals surface area contributed by atoms with Crippen LogP contribution < -0.4 is 4.74 Å². The zero-order valence-corrected chi connectivity index (χ0v) is 11.5. The van der Waals surface area contributed by atoms with E-state index in [-0.39, 0.29) is 10.8 Å². The van der Waals surface area contributed by atoms with E-state index in [2.05, 4.69) is 52.6 Å². The lowest BCUT2D eigenvalue weighted by atomic mass is 9.83. The molecule has 0 saturated carbocycles. The summed E-state index contributed by atoms with van der Waals surface area (Å²) < 4.78 is 5.27. The summed E-state index contributed by atoms with van der Waals surface area (Å²) in [4.78, 5) is 4.51. The smallest absolute Gasteiger partial charge is 0.213 e. The number of aromatic nitrogens is 1. The molecule has 0 atom stereocenters. The standard InChI is InChI=1S/C14H23NO/c1-13(2,3)10-8-11(14(4,5)6)15-12(9-10)16-7/h8-9H,1-7H3. The molecule has 2 heteroatoms. The van der Waals surface area contributed by atoms with E-state index in [0.717, 1.165) is 5.69 Å². The van der Waals surface area contributed by atoms with Crippen molar-refractivity contribution in [1.82, 2.24) is 4.98 Å². The van der Waals surface area contributed by atoms with E-state index in [4.69, 9.17) is 4.74 Å². The van der Waals surface area contributed by atoms with Crippen LogP contribution in [0.1, 0.15) is 52.8 Å². The van der Waals surface area contributed by atoms with Gasteiger partial charge in [-0.1, -0.05) is 41.5 Å². The van der Waals surface area contributed by atoms with E-state index in [1.165, 1.54) is 5.56 Å². The Labute approximate surface area is 99.0 Å². The second kappa shape index (κ2) is 4.08. The Morgan fingerprint density at radius 1 is 0.938 bits per heavy atom. The summed E-state index contributed by atoms with van der Waals surface area (Å²) in [7, 11) is 1.67. The van der Waals surface area contributed by atoms with E-state index in [9.17, 15) is 0 Å². The predicted octanol–water partition coefficient (Wildman–Crippen LogP) is 3.69. The molecule has 0 unspecified atom stereocenters. The van der Waals surface area contributed by atoms with Crippen molar-refractivity contribution in [3.8, 4) is 5.88 Å². The van der Waals surface area contributed by atoms with E-state index in [0.29, 0.717) is 5.88 Å². The summed E-state index contributed by atoms with van der Waals surface area (Å²) >= 11 is 0. The lowest BCUT2D eigenvalue weighted by Gasteiger charge is -2.24. The van der Waals surface area contributed by atoms with Crippen LogP contribution in [-0.2, 0) is 10.8 Å². The van der Waals surface area contributed by atoms with Gasteiger partial charge in [0.1, 0.15) is 0 Å². The third-order valence-electron chi connectivity index (χ3n) is 2.65. The Kier molecular flexibility index (Phi) is 3.32. The molecule has 1 aromatic heterocycles. The van der Waals surface area contributed by atoms with Gasteiger partial charge in [-0.05, 0) is 17.0 Å². The SMILES string of the molecule is COc1cc(C(C)(C)C)cc(C(C)(C)C)n1. The van der Waals surface area contributed by atoms with Crippen LogP contribution in [0.3, 0.4) is 0 Å². The highest BCUT2D eigenvalue weighted by atomic mass is 16.5. The number of ether oxygens (including phenoxy) is 1. The van der Waals surface area contributed by atoms with Crippen LogP contribution in [-0.4, -0.2) is 12.1 Å².